The lowest BCUT2D eigenvalue weighted by atomic mass is 9.98. The number of hydrogen-bond donors (Lipinski definition) is 1. The maximum atomic E-state index is 9.90. The van der Waals surface area contributed by atoms with E-state index in [2.05, 4.69) is 10.1 Å². The standard InChI is InChI=1S/C15H20N2O2S/c1-11(18)13-5-2-3-7-17(13)10-12-9-14(19-16-12)15-6-4-8-20-15/h4,6,8-9,11,13,18H,2-3,5,7,10H2,1H3. The van der Waals surface area contributed by atoms with Crippen molar-refractivity contribution in [3.05, 3.63) is 29.3 Å². The Bertz CT molecular complexity index is 536. The predicted molar refractivity (Wildman–Crippen MR) is 79.5 cm³/mol. The second-order valence-corrected chi connectivity index (χ2v) is 6.38. The summed E-state index contributed by atoms with van der Waals surface area (Å²) in [4.78, 5) is 3.43. The van der Waals surface area contributed by atoms with Crippen molar-refractivity contribution >= 4 is 11.3 Å². The number of hydrogen-bond acceptors (Lipinski definition) is 5. The van der Waals surface area contributed by atoms with Crippen molar-refractivity contribution in [2.24, 2.45) is 0 Å². The first-order valence-corrected chi connectivity index (χ1v) is 8.03. The summed E-state index contributed by atoms with van der Waals surface area (Å²) >= 11 is 1.65. The first-order valence-electron chi connectivity index (χ1n) is 7.15. The Morgan fingerprint density at radius 3 is 3.20 bits per heavy atom. The topological polar surface area (TPSA) is 49.5 Å². The van der Waals surface area contributed by atoms with E-state index in [-0.39, 0.29) is 12.1 Å². The van der Waals surface area contributed by atoms with Gasteiger partial charge in [0.15, 0.2) is 5.76 Å². The van der Waals surface area contributed by atoms with Crippen molar-refractivity contribution in [1.82, 2.24) is 10.1 Å². The molecule has 2 aromatic heterocycles. The van der Waals surface area contributed by atoms with Gasteiger partial charge in [-0.3, -0.25) is 4.90 Å². The zero-order valence-corrected chi connectivity index (χ0v) is 12.5. The first kappa shape index (κ1) is 13.8. The molecule has 0 radical (unpaired) electrons. The molecule has 1 aliphatic heterocycles. The van der Waals surface area contributed by atoms with Crippen molar-refractivity contribution in [3.63, 3.8) is 0 Å². The Morgan fingerprint density at radius 2 is 2.45 bits per heavy atom. The normalized spacial score (nSPS) is 22.0. The molecule has 2 aromatic rings. The van der Waals surface area contributed by atoms with Crippen LogP contribution in [-0.2, 0) is 6.54 Å². The van der Waals surface area contributed by atoms with Gasteiger partial charge in [-0.05, 0) is 37.8 Å². The molecule has 3 heterocycles. The van der Waals surface area contributed by atoms with Gasteiger partial charge in [-0.15, -0.1) is 11.3 Å². The summed E-state index contributed by atoms with van der Waals surface area (Å²) in [6.07, 6.45) is 3.16. The number of nitrogens with zero attached hydrogens (tertiary/aromatic N) is 2. The molecule has 108 valence electrons. The zero-order valence-electron chi connectivity index (χ0n) is 11.7. The fourth-order valence-electron chi connectivity index (χ4n) is 2.89. The molecule has 20 heavy (non-hydrogen) atoms. The molecule has 3 rings (SSSR count). The molecular weight excluding hydrogens is 272 g/mol. The monoisotopic (exact) mass is 292 g/mol. The number of aliphatic hydroxyl groups is 1. The highest BCUT2D eigenvalue weighted by Gasteiger charge is 2.27. The molecule has 2 unspecified atom stereocenters. The average molecular weight is 292 g/mol. The lowest BCUT2D eigenvalue weighted by Gasteiger charge is -2.36. The maximum absolute atomic E-state index is 9.90. The SMILES string of the molecule is CC(O)C1CCCCN1Cc1cc(-c2cccs2)on1. The van der Waals surface area contributed by atoms with Crippen molar-refractivity contribution < 1.29 is 9.63 Å². The molecule has 1 saturated heterocycles. The van der Waals surface area contributed by atoms with E-state index in [4.69, 9.17) is 4.52 Å². The van der Waals surface area contributed by atoms with Crippen LogP contribution in [0.1, 0.15) is 31.9 Å². The van der Waals surface area contributed by atoms with E-state index < -0.39 is 0 Å². The quantitative estimate of drug-likeness (QED) is 0.940. The molecule has 0 aromatic carbocycles. The number of aliphatic hydroxyl groups excluding tert-OH is 1. The third kappa shape index (κ3) is 2.95. The van der Waals surface area contributed by atoms with Gasteiger partial charge in [0.05, 0.1) is 16.7 Å². The minimum atomic E-state index is -0.293. The molecule has 1 aliphatic rings. The lowest BCUT2D eigenvalue weighted by molar-refractivity contribution is 0.0304. The van der Waals surface area contributed by atoms with Gasteiger partial charge in [0, 0.05) is 18.7 Å². The molecule has 0 bridgehead atoms. The molecule has 1 fully saturated rings. The maximum Gasteiger partial charge on any atom is 0.177 e. The summed E-state index contributed by atoms with van der Waals surface area (Å²) in [7, 11) is 0. The second kappa shape index (κ2) is 6.08. The van der Waals surface area contributed by atoms with E-state index in [1.54, 1.807) is 11.3 Å². The molecule has 5 heteroatoms. The van der Waals surface area contributed by atoms with Gasteiger partial charge >= 0.3 is 0 Å². The third-order valence-electron chi connectivity index (χ3n) is 3.91. The second-order valence-electron chi connectivity index (χ2n) is 5.43. The highest BCUT2D eigenvalue weighted by molar-refractivity contribution is 7.13. The minimum Gasteiger partial charge on any atom is -0.392 e. The summed E-state index contributed by atoms with van der Waals surface area (Å²) in [5, 5.41) is 16.1. The van der Waals surface area contributed by atoms with E-state index in [0.29, 0.717) is 0 Å². The third-order valence-corrected chi connectivity index (χ3v) is 4.79. The summed E-state index contributed by atoms with van der Waals surface area (Å²) < 4.78 is 5.42. The number of piperidine rings is 1. The summed E-state index contributed by atoms with van der Waals surface area (Å²) in [5.41, 5.74) is 0.945. The highest BCUT2D eigenvalue weighted by Crippen LogP contribution is 2.27. The van der Waals surface area contributed by atoms with Crippen molar-refractivity contribution in [2.45, 2.75) is 44.9 Å². The Morgan fingerprint density at radius 1 is 1.55 bits per heavy atom. The van der Waals surface area contributed by atoms with Crippen LogP contribution in [0.3, 0.4) is 0 Å². The van der Waals surface area contributed by atoms with Gasteiger partial charge in [0.1, 0.15) is 0 Å². The first-order chi connectivity index (χ1) is 9.74. The zero-order chi connectivity index (χ0) is 13.9. The Balaban J connectivity index is 1.71. The van der Waals surface area contributed by atoms with Crippen LogP contribution in [0.15, 0.2) is 28.1 Å². The number of thiophene rings is 1. The van der Waals surface area contributed by atoms with Crippen LogP contribution in [0.4, 0.5) is 0 Å². The van der Waals surface area contributed by atoms with Gasteiger partial charge in [-0.1, -0.05) is 17.6 Å². The average Bonchev–Trinajstić information content (AvgIpc) is 3.09. The van der Waals surface area contributed by atoms with Crippen LogP contribution in [0, 0.1) is 0 Å². The van der Waals surface area contributed by atoms with Crippen LogP contribution in [0.5, 0.6) is 0 Å². The molecule has 0 saturated carbocycles. The molecule has 0 amide bonds. The van der Waals surface area contributed by atoms with Crippen LogP contribution >= 0.6 is 11.3 Å². The highest BCUT2D eigenvalue weighted by atomic mass is 32.1. The van der Waals surface area contributed by atoms with E-state index in [1.807, 2.05) is 30.5 Å². The van der Waals surface area contributed by atoms with E-state index in [9.17, 15) is 5.11 Å². The van der Waals surface area contributed by atoms with E-state index in [0.717, 1.165) is 35.8 Å². The van der Waals surface area contributed by atoms with Gasteiger partial charge < -0.3 is 9.63 Å². The van der Waals surface area contributed by atoms with Gasteiger partial charge in [-0.25, -0.2) is 0 Å². The van der Waals surface area contributed by atoms with E-state index >= 15 is 0 Å². The number of likely N-dealkylation sites (tertiary alicyclic amines) is 1. The van der Waals surface area contributed by atoms with Crippen LogP contribution in [0.2, 0.25) is 0 Å². The van der Waals surface area contributed by atoms with Crippen molar-refractivity contribution in [1.29, 1.82) is 0 Å². The van der Waals surface area contributed by atoms with Crippen LogP contribution in [-0.4, -0.2) is 33.9 Å². The molecule has 2 atom stereocenters. The van der Waals surface area contributed by atoms with Gasteiger partial charge in [0.2, 0.25) is 0 Å². The van der Waals surface area contributed by atoms with E-state index in [1.165, 1.54) is 12.8 Å². The Kier molecular flexibility index (Phi) is 4.19. The van der Waals surface area contributed by atoms with Crippen molar-refractivity contribution in [3.8, 4) is 10.6 Å². The molecule has 0 spiro atoms. The Hall–Kier alpha value is -1.17. The smallest absolute Gasteiger partial charge is 0.177 e. The lowest BCUT2D eigenvalue weighted by Crippen LogP contribution is -2.45. The molecule has 4 nitrogen and oxygen atoms in total. The van der Waals surface area contributed by atoms with Gasteiger partial charge in [-0.2, -0.15) is 0 Å². The summed E-state index contributed by atoms with van der Waals surface area (Å²) in [5.74, 6) is 0.834. The van der Waals surface area contributed by atoms with Gasteiger partial charge in [0.25, 0.3) is 0 Å². The summed E-state index contributed by atoms with van der Waals surface area (Å²) in [6.45, 7) is 3.66. The summed E-state index contributed by atoms with van der Waals surface area (Å²) in [6, 6.07) is 6.30. The fraction of sp³-hybridized carbons (Fsp3) is 0.533. The van der Waals surface area contributed by atoms with Crippen molar-refractivity contribution in [2.75, 3.05) is 6.54 Å². The Labute approximate surface area is 123 Å². The predicted octanol–water partition coefficient (Wildman–Crippen LogP) is 3.14. The molecule has 1 N–H and O–H groups in total. The number of rotatable bonds is 4. The number of aromatic nitrogens is 1. The fourth-order valence-corrected chi connectivity index (χ4v) is 3.56. The molecule has 0 aliphatic carbocycles. The minimum absolute atomic E-state index is 0.241. The van der Waals surface area contributed by atoms with Crippen LogP contribution < -0.4 is 0 Å². The largest absolute Gasteiger partial charge is 0.392 e. The van der Waals surface area contributed by atoms with Crippen LogP contribution in [0.25, 0.3) is 10.6 Å². The molecular formula is C15H20N2O2S.